The zero-order valence-electron chi connectivity index (χ0n) is 17.0. The highest BCUT2D eigenvalue weighted by atomic mass is 35.5. The van der Waals surface area contributed by atoms with E-state index in [9.17, 15) is 23.5 Å². The van der Waals surface area contributed by atoms with Gasteiger partial charge < -0.3 is 9.84 Å². The van der Waals surface area contributed by atoms with Crippen LogP contribution in [0.25, 0.3) is 5.76 Å². The average molecular weight is 490 g/mol. The molecule has 1 aliphatic rings. The largest absolute Gasteiger partial charge is 0.507 e. The average Bonchev–Trinajstić information content (AvgIpc) is 3.06. The van der Waals surface area contributed by atoms with Crippen LogP contribution in [-0.4, -0.2) is 23.9 Å². The van der Waals surface area contributed by atoms with Crippen molar-refractivity contribution in [1.82, 2.24) is 0 Å². The number of nitrogens with zero attached hydrogens (tertiary/aromatic N) is 1. The zero-order valence-corrected chi connectivity index (χ0v) is 18.5. The second-order valence-electron chi connectivity index (χ2n) is 7.16. The van der Waals surface area contributed by atoms with Crippen molar-refractivity contribution in [2.24, 2.45) is 0 Å². The van der Waals surface area contributed by atoms with Crippen molar-refractivity contribution in [2.75, 3.05) is 12.0 Å². The number of aliphatic hydroxyl groups excluding tert-OH is 1. The van der Waals surface area contributed by atoms with Gasteiger partial charge in [0, 0.05) is 5.69 Å². The monoisotopic (exact) mass is 489 g/mol. The van der Waals surface area contributed by atoms with E-state index in [1.165, 1.54) is 43.5 Å². The van der Waals surface area contributed by atoms with Crippen molar-refractivity contribution in [3.05, 3.63) is 99.0 Å². The van der Waals surface area contributed by atoms with Gasteiger partial charge in [0.15, 0.2) is 0 Å². The van der Waals surface area contributed by atoms with Crippen LogP contribution >= 0.6 is 23.2 Å². The standard InChI is InChI=1S/C24H15Cl2F2NO4/c1-33-19-9-6-14(28)10-16(19)22(30)20-21(12-2-4-13(27)5-3-12)29(24(32)23(20)31)15-7-8-17(25)18(26)11-15/h2-11,21,30H,1H3/b22-20+. The summed E-state index contributed by atoms with van der Waals surface area (Å²) in [5.41, 5.74) is 0.128. The molecule has 1 fully saturated rings. The van der Waals surface area contributed by atoms with Crippen LogP contribution in [0.1, 0.15) is 17.2 Å². The normalized spacial score (nSPS) is 17.5. The minimum atomic E-state index is -1.16. The maximum absolute atomic E-state index is 14.0. The number of benzene rings is 3. The molecule has 9 heteroatoms. The van der Waals surface area contributed by atoms with Crippen molar-refractivity contribution < 1.29 is 28.2 Å². The lowest BCUT2D eigenvalue weighted by atomic mass is 9.94. The van der Waals surface area contributed by atoms with Gasteiger partial charge in [0.05, 0.1) is 34.3 Å². The van der Waals surface area contributed by atoms with Crippen molar-refractivity contribution >= 4 is 46.3 Å². The molecule has 3 aromatic carbocycles. The fourth-order valence-corrected chi connectivity index (χ4v) is 4.00. The van der Waals surface area contributed by atoms with E-state index in [1.807, 2.05) is 0 Å². The summed E-state index contributed by atoms with van der Waals surface area (Å²) < 4.78 is 32.8. The van der Waals surface area contributed by atoms with E-state index in [1.54, 1.807) is 0 Å². The van der Waals surface area contributed by atoms with Gasteiger partial charge in [0.1, 0.15) is 23.1 Å². The Hall–Kier alpha value is -3.42. The zero-order chi connectivity index (χ0) is 23.9. The number of ether oxygens (including phenoxy) is 1. The van der Waals surface area contributed by atoms with Crippen LogP contribution in [0.4, 0.5) is 14.5 Å². The topological polar surface area (TPSA) is 66.8 Å². The Kier molecular flexibility index (Phi) is 6.10. The maximum Gasteiger partial charge on any atom is 0.300 e. The Labute approximate surface area is 197 Å². The number of Topliss-reactive ketones (excluding diaryl/α,β-unsaturated/α-hetero) is 1. The molecule has 0 bridgehead atoms. The second-order valence-corrected chi connectivity index (χ2v) is 7.98. The third-order valence-corrected chi connectivity index (χ3v) is 5.97. The Bertz CT molecular complexity index is 1310. The molecule has 5 nitrogen and oxygen atoms in total. The third-order valence-electron chi connectivity index (χ3n) is 5.23. The van der Waals surface area contributed by atoms with Crippen LogP contribution in [0.15, 0.2) is 66.2 Å². The van der Waals surface area contributed by atoms with Crippen LogP contribution in [0.3, 0.4) is 0 Å². The predicted octanol–water partition coefficient (Wildman–Crippen LogP) is 5.91. The fraction of sp³-hybridized carbons (Fsp3) is 0.0833. The van der Waals surface area contributed by atoms with Crippen LogP contribution in [0, 0.1) is 11.6 Å². The Balaban J connectivity index is 1.99. The Morgan fingerprint density at radius 3 is 2.24 bits per heavy atom. The highest BCUT2D eigenvalue weighted by molar-refractivity contribution is 6.52. The van der Waals surface area contributed by atoms with Gasteiger partial charge in [-0.3, -0.25) is 14.5 Å². The quantitative estimate of drug-likeness (QED) is 0.281. The van der Waals surface area contributed by atoms with Gasteiger partial charge in [-0.05, 0) is 54.1 Å². The highest BCUT2D eigenvalue weighted by Gasteiger charge is 2.47. The number of anilines is 1. The first-order valence-electron chi connectivity index (χ1n) is 9.58. The summed E-state index contributed by atoms with van der Waals surface area (Å²) in [4.78, 5) is 27.3. The summed E-state index contributed by atoms with van der Waals surface area (Å²) >= 11 is 12.1. The third kappa shape index (κ3) is 4.05. The van der Waals surface area contributed by atoms with Crippen molar-refractivity contribution in [1.29, 1.82) is 0 Å². The van der Waals surface area contributed by atoms with E-state index in [2.05, 4.69) is 0 Å². The molecular formula is C24H15Cl2F2NO4. The van der Waals surface area contributed by atoms with Gasteiger partial charge >= 0.3 is 0 Å². The number of aliphatic hydroxyl groups is 1. The van der Waals surface area contributed by atoms with Gasteiger partial charge in [-0.25, -0.2) is 8.78 Å². The molecule has 0 saturated carbocycles. The molecule has 0 radical (unpaired) electrons. The molecular weight excluding hydrogens is 475 g/mol. The molecule has 3 aromatic rings. The Morgan fingerprint density at radius 1 is 0.939 bits per heavy atom. The van der Waals surface area contributed by atoms with E-state index in [4.69, 9.17) is 27.9 Å². The summed E-state index contributed by atoms with van der Waals surface area (Å²) in [7, 11) is 1.32. The highest BCUT2D eigenvalue weighted by Crippen LogP contribution is 2.44. The maximum atomic E-state index is 14.0. The molecule has 1 aliphatic heterocycles. The lowest BCUT2D eigenvalue weighted by Gasteiger charge is -2.26. The van der Waals surface area contributed by atoms with E-state index >= 15 is 0 Å². The number of carbonyl (C=O) groups is 2. The van der Waals surface area contributed by atoms with E-state index in [-0.39, 0.29) is 32.6 Å². The molecule has 33 heavy (non-hydrogen) atoms. The number of rotatable bonds is 4. The first kappa shape index (κ1) is 22.8. The molecule has 0 aliphatic carbocycles. The first-order chi connectivity index (χ1) is 15.7. The molecule has 1 atom stereocenters. The van der Waals surface area contributed by atoms with Gasteiger partial charge in [-0.1, -0.05) is 35.3 Å². The number of carbonyl (C=O) groups excluding carboxylic acids is 2. The number of halogens is 4. The van der Waals surface area contributed by atoms with E-state index in [0.29, 0.717) is 5.56 Å². The smallest absolute Gasteiger partial charge is 0.300 e. The molecule has 0 spiro atoms. The number of ketones is 1. The predicted molar refractivity (Wildman–Crippen MR) is 121 cm³/mol. The van der Waals surface area contributed by atoms with Crippen LogP contribution < -0.4 is 9.64 Å². The Morgan fingerprint density at radius 2 is 1.61 bits per heavy atom. The molecule has 4 rings (SSSR count). The summed E-state index contributed by atoms with van der Waals surface area (Å²) in [6.45, 7) is 0. The van der Waals surface area contributed by atoms with Crippen molar-refractivity contribution in [3.8, 4) is 5.75 Å². The number of methoxy groups -OCH3 is 1. The summed E-state index contributed by atoms with van der Waals surface area (Å²) in [5.74, 6) is -3.74. The van der Waals surface area contributed by atoms with Gasteiger partial charge in [0.25, 0.3) is 11.7 Å². The second kappa shape index (κ2) is 8.84. The SMILES string of the molecule is COc1ccc(F)cc1/C(O)=C1\C(=O)C(=O)N(c2ccc(Cl)c(Cl)c2)C1c1ccc(F)cc1. The minimum Gasteiger partial charge on any atom is -0.507 e. The van der Waals surface area contributed by atoms with Crippen LogP contribution in [0.5, 0.6) is 5.75 Å². The summed E-state index contributed by atoms with van der Waals surface area (Å²) in [5, 5.41) is 11.5. The fourth-order valence-electron chi connectivity index (χ4n) is 3.70. The number of hydrogen-bond donors (Lipinski definition) is 1. The number of hydrogen-bond acceptors (Lipinski definition) is 4. The molecule has 1 heterocycles. The van der Waals surface area contributed by atoms with Crippen LogP contribution in [0.2, 0.25) is 10.0 Å². The first-order valence-corrected chi connectivity index (χ1v) is 10.3. The molecule has 1 unspecified atom stereocenters. The molecule has 0 aromatic heterocycles. The molecule has 1 amide bonds. The van der Waals surface area contributed by atoms with Crippen molar-refractivity contribution in [2.45, 2.75) is 6.04 Å². The van der Waals surface area contributed by atoms with Crippen molar-refractivity contribution in [3.63, 3.8) is 0 Å². The molecule has 1 N–H and O–H groups in total. The summed E-state index contributed by atoms with van der Waals surface area (Å²) in [6, 6.07) is 11.7. The van der Waals surface area contributed by atoms with E-state index < -0.39 is 35.1 Å². The lowest BCUT2D eigenvalue weighted by molar-refractivity contribution is -0.132. The molecule has 168 valence electrons. The van der Waals surface area contributed by atoms with Gasteiger partial charge in [0.2, 0.25) is 0 Å². The molecule has 1 saturated heterocycles. The summed E-state index contributed by atoms with van der Waals surface area (Å²) in [6.07, 6.45) is 0. The minimum absolute atomic E-state index is 0.0903. The van der Waals surface area contributed by atoms with Gasteiger partial charge in [-0.2, -0.15) is 0 Å². The van der Waals surface area contributed by atoms with E-state index in [0.717, 1.165) is 29.2 Å². The number of amides is 1. The van der Waals surface area contributed by atoms with Crippen LogP contribution in [-0.2, 0) is 9.59 Å². The van der Waals surface area contributed by atoms with Gasteiger partial charge in [-0.15, -0.1) is 0 Å². The lowest BCUT2D eigenvalue weighted by Crippen LogP contribution is -2.29.